The summed E-state index contributed by atoms with van der Waals surface area (Å²) >= 11 is 3.30. The van der Waals surface area contributed by atoms with Crippen molar-refractivity contribution in [2.45, 2.75) is 12.5 Å². The molecule has 2 atom stereocenters. The number of methoxy groups -OCH3 is 1. The molecule has 98 valence electrons. The first-order chi connectivity index (χ1) is 8.54. The summed E-state index contributed by atoms with van der Waals surface area (Å²) in [4.78, 5) is 10.9. The van der Waals surface area contributed by atoms with Gasteiger partial charge in [-0.05, 0) is 34.5 Å². The molecule has 1 aromatic rings. The molecule has 1 aliphatic heterocycles. The Morgan fingerprint density at radius 3 is 2.89 bits per heavy atom. The van der Waals surface area contributed by atoms with Gasteiger partial charge in [-0.2, -0.15) is 0 Å². The molecule has 0 saturated carbocycles. The summed E-state index contributed by atoms with van der Waals surface area (Å²) in [7, 11) is 1.46. The van der Waals surface area contributed by atoms with E-state index in [0.29, 0.717) is 28.8 Å². The van der Waals surface area contributed by atoms with Crippen LogP contribution in [0.4, 0.5) is 4.39 Å². The molecule has 0 aromatic heterocycles. The largest absolute Gasteiger partial charge is 0.495 e. The van der Waals surface area contributed by atoms with Crippen LogP contribution in [0.5, 0.6) is 5.75 Å². The second-order valence-electron chi connectivity index (χ2n) is 4.21. The molecule has 1 heterocycles. The Morgan fingerprint density at radius 2 is 2.33 bits per heavy atom. The van der Waals surface area contributed by atoms with Crippen molar-refractivity contribution in [2.24, 2.45) is 5.92 Å². The Kier molecular flexibility index (Phi) is 3.87. The number of rotatable bonds is 3. The van der Waals surface area contributed by atoms with Gasteiger partial charge in [0.2, 0.25) is 0 Å². The van der Waals surface area contributed by atoms with E-state index < -0.39 is 17.7 Å². The third kappa shape index (κ3) is 2.35. The van der Waals surface area contributed by atoms with Crippen molar-refractivity contribution in [1.29, 1.82) is 0 Å². The SMILES string of the molecule is COc1c(Br)ccc(F)c1C1CC(C(=O)O)CN1. The van der Waals surface area contributed by atoms with Crippen LogP contribution in [0.3, 0.4) is 0 Å². The second kappa shape index (κ2) is 5.24. The number of halogens is 2. The maximum atomic E-state index is 13.9. The van der Waals surface area contributed by atoms with E-state index in [1.165, 1.54) is 13.2 Å². The minimum absolute atomic E-state index is 0.335. The maximum absolute atomic E-state index is 13.9. The zero-order valence-electron chi connectivity index (χ0n) is 9.74. The van der Waals surface area contributed by atoms with Crippen molar-refractivity contribution in [3.8, 4) is 5.75 Å². The molecular weight excluding hydrogens is 305 g/mol. The lowest BCUT2D eigenvalue weighted by Gasteiger charge is -2.17. The van der Waals surface area contributed by atoms with E-state index in [1.807, 2.05) is 0 Å². The molecule has 4 nitrogen and oxygen atoms in total. The molecule has 2 unspecified atom stereocenters. The molecule has 0 aliphatic carbocycles. The molecule has 0 radical (unpaired) electrons. The summed E-state index contributed by atoms with van der Waals surface area (Å²) in [6.45, 7) is 0.342. The van der Waals surface area contributed by atoms with Gasteiger partial charge in [0.1, 0.15) is 11.6 Å². The lowest BCUT2D eigenvalue weighted by molar-refractivity contribution is -0.141. The molecule has 0 amide bonds. The van der Waals surface area contributed by atoms with E-state index in [9.17, 15) is 9.18 Å². The number of carbonyl (C=O) groups is 1. The molecule has 0 spiro atoms. The number of nitrogens with one attached hydrogen (secondary N) is 1. The standard InChI is InChI=1S/C12H13BrFNO3/c1-18-11-7(13)2-3-8(14)10(11)9-4-6(5-15-9)12(16)17/h2-3,6,9,15H,4-5H2,1H3,(H,16,17). The zero-order chi connectivity index (χ0) is 13.3. The Morgan fingerprint density at radius 1 is 1.61 bits per heavy atom. The summed E-state index contributed by atoms with van der Waals surface area (Å²) in [5, 5.41) is 12.0. The van der Waals surface area contributed by atoms with Gasteiger partial charge in [-0.1, -0.05) is 0 Å². The predicted octanol–water partition coefficient (Wildman–Crippen LogP) is 2.33. The van der Waals surface area contributed by atoms with Crippen molar-refractivity contribution in [1.82, 2.24) is 5.32 Å². The van der Waals surface area contributed by atoms with Gasteiger partial charge in [0.25, 0.3) is 0 Å². The molecule has 1 aromatic carbocycles. The molecule has 2 N–H and O–H groups in total. The molecule has 0 bridgehead atoms. The highest BCUT2D eigenvalue weighted by atomic mass is 79.9. The van der Waals surface area contributed by atoms with E-state index in [4.69, 9.17) is 9.84 Å². The van der Waals surface area contributed by atoms with Crippen LogP contribution in [0.25, 0.3) is 0 Å². The number of benzene rings is 1. The first kappa shape index (κ1) is 13.3. The zero-order valence-corrected chi connectivity index (χ0v) is 11.3. The van der Waals surface area contributed by atoms with Gasteiger partial charge in [0, 0.05) is 18.2 Å². The third-order valence-electron chi connectivity index (χ3n) is 3.13. The summed E-state index contributed by atoms with van der Waals surface area (Å²) in [5.41, 5.74) is 0.385. The lowest BCUT2D eigenvalue weighted by Crippen LogP contribution is -2.18. The van der Waals surface area contributed by atoms with E-state index in [0.717, 1.165) is 0 Å². The van der Waals surface area contributed by atoms with Crippen molar-refractivity contribution >= 4 is 21.9 Å². The smallest absolute Gasteiger partial charge is 0.307 e. The topological polar surface area (TPSA) is 58.6 Å². The van der Waals surface area contributed by atoms with Gasteiger partial charge >= 0.3 is 5.97 Å². The summed E-state index contributed by atoms with van der Waals surface area (Å²) < 4.78 is 19.8. The first-order valence-corrected chi connectivity index (χ1v) is 6.32. The van der Waals surface area contributed by atoms with Crippen LogP contribution in [0.1, 0.15) is 18.0 Å². The Balaban J connectivity index is 2.34. The fraction of sp³-hybridized carbons (Fsp3) is 0.417. The molecule has 1 saturated heterocycles. The average molecular weight is 318 g/mol. The minimum Gasteiger partial charge on any atom is -0.495 e. The molecule has 18 heavy (non-hydrogen) atoms. The fourth-order valence-electron chi connectivity index (χ4n) is 2.22. The highest BCUT2D eigenvalue weighted by Crippen LogP contribution is 2.39. The third-order valence-corrected chi connectivity index (χ3v) is 3.75. The monoisotopic (exact) mass is 317 g/mol. The number of aliphatic carboxylic acids is 1. The van der Waals surface area contributed by atoms with Gasteiger partial charge in [-0.25, -0.2) is 4.39 Å². The second-order valence-corrected chi connectivity index (χ2v) is 5.06. The van der Waals surface area contributed by atoms with Crippen LogP contribution in [0, 0.1) is 11.7 Å². The normalized spacial score (nSPS) is 23.1. The van der Waals surface area contributed by atoms with Gasteiger partial charge in [-0.15, -0.1) is 0 Å². The highest BCUT2D eigenvalue weighted by molar-refractivity contribution is 9.10. The van der Waals surface area contributed by atoms with E-state index in [2.05, 4.69) is 21.2 Å². The van der Waals surface area contributed by atoms with Gasteiger partial charge in [-0.3, -0.25) is 4.79 Å². The summed E-state index contributed by atoms with van der Waals surface area (Å²) in [6, 6.07) is 2.58. The van der Waals surface area contributed by atoms with Crippen molar-refractivity contribution in [3.63, 3.8) is 0 Å². The predicted molar refractivity (Wildman–Crippen MR) is 67.1 cm³/mol. The highest BCUT2D eigenvalue weighted by Gasteiger charge is 2.33. The lowest BCUT2D eigenvalue weighted by atomic mass is 9.99. The van der Waals surface area contributed by atoms with Crippen LogP contribution in [0.15, 0.2) is 16.6 Å². The number of carboxylic acid groups (broad SMARTS) is 1. The van der Waals surface area contributed by atoms with Crippen LogP contribution < -0.4 is 10.1 Å². The van der Waals surface area contributed by atoms with Crippen LogP contribution in [0.2, 0.25) is 0 Å². The van der Waals surface area contributed by atoms with Crippen LogP contribution in [-0.4, -0.2) is 24.7 Å². The molecule has 1 fully saturated rings. The van der Waals surface area contributed by atoms with Crippen molar-refractivity contribution < 1.29 is 19.0 Å². The molecule has 2 rings (SSSR count). The van der Waals surface area contributed by atoms with Crippen LogP contribution >= 0.6 is 15.9 Å². The molecule has 1 aliphatic rings. The Bertz CT molecular complexity index is 481. The van der Waals surface area contributed by atoms with E-state index in [-0.39, 0.29) is 6.04 Å². The average Bonchev–Trinajstić information content (AvgIpc) is 2.81. The summed E-state index contributed by atoms with van der Waals surface area (Å²) in [5.74, 6) is -1.32. The Labute approximate surface area is 112 Å². The number of carboxylic acids is 1. The molecule has 6 heteroatoms. The van der Waals surface area contributed by atoms with Gasteiger partial charge in [0.15, 0.2) is 0 Å². The van der Waals surface area contributed by atoms with Gasteiger partial charge in [0.05, 0.1) is 17.5 Å². The fourth-order valence-corrected chi connectivity index (χ4v) is 2.73. The number of hydrogen-bond donors (Lipinski definition) is 2. The van der Waals surface area contributed by atoms with Crippen molar-refractivity contribution in [2.75, 3.05) is 13.7 Å². The Hall–Kier alpha value is -1.14. The summed E-state index contributed by atoms with van der Waals surface area (Å²) in [6.07, 6.45) is 0.360. The molecular formula is C12H13BrFNO3. The quantitative estimate of drug-likeness (QED) is 0.898. The number of ether oxygens (including phenoxy) is 1. The first-order valence-electron chi connectivity index (χ1n) is 5.52. The minimum atomic E-state index is -0.862. The van der Waals surface area contributed by atoms with Gasteiger partial charge < -0.3 is 15.2 Å². The van der Waals surface area contributed by atoms with E-state index >= 15 is 0 Å². The number of hydrogen-bond acceptors (Lipinski definition) is 3. The van der Waals surface area contributed by atoms with Crippen LogP contribution in [-0.2, 0) is 4.79 Å². The van der Waals surface area contributed by atoms with E-state index in [1.54, 1.807) is 6.07 Å². The maximum Gasteiger partial charge on any atom is 0.307 e. The van der Waals surface area contributed by atoms with Crippen molar-refractivity contribution in [3.05, 3.63) is 28.0 Å².